The zero-order valence-corrected chi connectivity index (χ0v) is 17.6. The number of aldehydes is 1. The van der Waals surface area contributed by atoms with Gasteiger partial charge in [0.05, 0.1) is 11.3 Å². The van der Waals surface area contributed by atoms with E-state index in [1.54, 1.807) is 19.1 Å². The van der Waals surface area contributed by atoms with Crippen LogP contribution in [0.3, 0.4) is 0 Å². The molecule has 0 atom stereocenters. The number of esters is 1. The number of piperidine rings is 1. The Labute approximate surface area is 182 Å². The Hall–Kier alpha value is -3.46. The minimum Gasteiger partial charge on any atom is -0.507 e. The summed E-state index contributed by atoms with van der Waals surface area (Å²) >= 11 is 1.25. The van der Waals surface area contributed by atoms with Crippen molar-refractivity contribution in [3.63, 3.8) is 0 Å². The van der Waals surface area contributed by atoms with Crippen molar-refractivity contribution in [1.29, 1.82) is 0 Å². The molecule has 2 aromatic carbocycles. The van der Waals surface area contributed by atoms with E-state index < -0.39 is 12.0 Å². The molecule has 0 spiro atoms. The van der Waals surface area contributed by atoms with Crippen LogP contribution in [0.1, 0.15) is 38.6 Å². The molecule has 8 nitrogen and oxygen atoms in total. The minimum atomic E-state index is -0.460. The smallest absolute Gasteiger partial charge is 0.350 e. The molecule has 2 heterocycles. The molecule has 4 rings (SSSR count). The molecule has 1 aliphatic heterocycles. The summed E-state index contributed by atoms with van der Waals surface area (Å²) in [5.41, 5.74) is 6.91. The van der Waals surface area contributed by atoms with Gasteiger partial charge in [-0.3, -0.25) is 4.79 Å². The zero-order valence-electron chi connectivity index (χ0n) is 16.8. The monoisotopic (exact) mass is 439 g/mol. The lowest BCUT2D eigenvalue weighted by molar-refractivity contribution is 0.0160. The lowest BCUT2D eigenvalue weighted by Gasteiger charge is -2.30. The number of rotatable bonds is 4. The number of fused-ring (bicyclic) bond motifs is 1. The Bertz CT molecular complexity index is 1180. The SMILES string of the molecule is Cc1nc(-c2ccc3c(C=O)c(O)ccc3c2)sc1C(=O)OC1CCN(C(N)=O)CC1. The third-order valence-corrected chi connectivity index (χ3v) is 6.60. The highest BCUT2D eigenvalue weighted by Crippen LogP contribution is 2.33. The number of aromatic nitrogens is 1. The average molecular weight is 439 g/mol. The van der Waals surface area contributed by atoms with Crippen LogP contribution in [0.15, 0.2) is 30.3 Å². The van der Waals surface area contributed by atoms with Crippen molar-refractivity contribution < 1.29 is 24.2 Å². The third kappa shape index (κ3) is 4.09. The van der Waals surface area contributed by atoms with Gasteiger partial charge in [0.2, 0.25) is 0 Å². The highest BCUT2D eigenvalue weighted by Gasteiger charge is 2.26. The van der Waals surface area contributed by atoms with E-state index in [-0.39, 0.29) is 17.4 Å². The number of carbonyl (C=O) groups excluding carboxylic acids is 3. The van der Waals surface area contributed by atoms with Gasteiger partial charge in [-0.15, -0.1) is 11.3 Å². The van der Waals surface area contributed by atoms with E-state index >= 15 is 0 Å². The standard InChI is InChI=1S/C22H21N3O5S/c1-12-19(21(28)30-15-6-8-25(9-7-15)22(23)29)31-20(24-12)14-2-4-16-13(10-14)3-5-18(27)17(16)11-26/h2-5,10-11,15,27H,6-9H2,1H3,(H2,23,29). The van der Waals surface area contributed by atoms with Crippen LogP contribution in [-0.4, -0.2) is 52.5 Å². The number of hydrogen-bond donors (Lipinski definition) is 2. The van der Waals surface area contributed by atoms with Gasteiger partial charge < -0.3 is 20.5 Å². The van der Waals surface area contributed by atoms with E-state index in [4.69, 9.17) is 10.5 Å². The van der Waals surface area contributed by atoms with Crippen LogP contribution in [0.5, 0.6) is 5.75 Å². The van der Waals surface area contributed by atoms with Gasteiger partial charge in [0.25, 0.3) is 0 Å². The molecular weight excluding hydrogens is 418 g/mol. The van der Waals surface area contributed by atoms with Gasteiger partial charge in [0.15, 0.2) is 6.29 Å². The molecule has 3 N–H and O–H groups in total. The maximum Gasteiger partial charge on any atom is 0.350 e. The van der Waals surface area contributed by atoms with Gasteiger partial charge >= 0.3 is 12.0 Å². The number of aryl methyl sites for hydroxylation is 1. The molecule has 0 aliphatic carbocycles. The van der Waals surface area contributed by atoms with E-state index in [0.29, 0.717) is 53.2 Å². The first-order valence-electron chi connectivity index (χ1n) is 9.81. The second-order valence-corrected chi connectivity index (χ2v) is 8.41. The fourth-order valence-electron chi connectivity index (χ4n) is 3.71. The minimum absolute atomic E-state index is 0.0629. The van der Waals surface area contributed by atoms with Crippen molar-refractivity contribution in [1.82, 2.24) is 9.88 Å². The summed E-state index contributed by atoms with van der Waals surface area (Å²) in [5.74, 6) is -0.486. The van der Waals surface area contributed by atoms with Crippen molar-refractivity contribution in [2.24, 2.45) is 5.73 Å². The Balaban J connectivity index is 1.53. The van der Waals surface area contributed by atoms with Crippen LogP contribution >= 0.6 is 11.3 Å². The number of hydrogen-bond acceptors (Lipinski definition) is 7. The van der Waals surface area contributed by atoms with Crippen LogP contribution in [0.25, 0.3) is 21.3 Å². The molecule has 31 heavy (non-hydrogen) atoms. The van der Waals surface area contributed by atoms with Gasteiger partial charge in [0.1, 0.15) is 21.7 Å². The molecule has 160 valence electrons. The Morgan fingerprint density at radius 2 is 2.00 bits per heavy atom. The largest absolute Gasteiger partial charge is 0.507 e. The first-order chi connectivity index (χ1) is 14.9. The molecule has 0 radical (unpaired) electrons. The fourth-order valence-corrected chi connectivity index (χ4v) is 4.65. The second-order valence-electron chi connectivity index (χ2n) is 7.42. The van der Waals surface area contributed by atoms with Gasteiger partial charge in [-0.25, -0.2) is 14.6 Å². The predicted molar refractivity (Wildman–Crippen MR) is 116 cm³/mol. The van der Waals surface area contributed by atoms with E-state index in [9.17, 15) is 19.5 Å². The number of likely N-dealkylation sites (tertiary alicyclic amines) is 1. The maximum atomic E-state index is 12.7. The van der Waals surface area contributed by atoms with Gasteiger partial charge in [-0.05, 0) is 29.8 Å². The molecule has 1 saturated heterocycles. The summed E-state index contributed by atoms with van der Waals surface area (Å²) in [7, 11) is 0. The number of nitrogens with zero attached hydrogens (tertiary/aromatic N) is 2. The summed E-state index contributed by atoms with van der Waals surface area (Å²) in [4.78, 5) is 41.7. The molecule has 2 amide bonds. The molecule has 0 bridgehead atoms. The number of primary amides is 1. The summed E-state index contributed by atoms with van der Waals surface area (Å²) in [6.45, 7) is 2.70. The first kappa shape index (κ1) is 20.8. The van der Waals surface area contributed by atoms with E-state index in [1.165, 1.54) is 22.3 Å². The van der Waals surface area contributed by atoms with Crippen molar-refractivity contribution in [2.45, 2.75) is 25.9 Å². The number of benzene rings is 2. The number of carbonyl (C=O) groups is 3. The second kappa shape index (κ2) is 8.35. The predicted octanol–water partition coefficient (Wildman–Crippen LogP) is 3.49. The normalized spacial score (nSPS) is 14.5. The first-order valence-corrected chi connectivity index (χ1v) is 10.6. The lowest BCUT2D eigenvalue weighted by atomic mass is 10.0. The maximum absolute atomic E-state index is 12.7. The highest BCUT2D eigenvalue weighted by atomic mass is 32.1. The molecule has 1 aromatic heterocycles. The Morgan fingerprint density at radius 1 is 1.26 bits per heavy atom. The van der Waals surface area contributed by atoms with E-state index in [2.05, 4.69) is 4.98 Å². The summed E-state index contributed by atoms with van der Waals surface area (Å²) in [6.07, 6.45) is 1.47. The number of aromatic hydroxyl groups is 1. The van der Waals surface area contributed by atoms with E-state index in [1.807, 2.05) is 12.1 Å². The molecule has 0 unspecified atom stereocenters. The van der Waals surface area contributed by atoms with Crippen LogP contribution in [-0.2, 0) is 4.74 Å². The van der Waals surface area contributed by atoms with Crippen molar-refractivity contribution in [3.8, 4) is 16.3 Å². The van der Waals surface area contributed by atoms with Crippen LogP contribution < -0.4 is 5.73 Å². The topological polar surface area (TPSA) is 123 Å². The Kier molecular flexibility index (Phi) is 5.60. The van der Waals surface area contributed by atoms with Gasteiger partial charge in [0, 0.05) is 31.5 Å². The van der Waals surface area contributed by atoms with Crippen molar-refractivity contribution >= 4 is 40.4 Å². The number of urea groups is 1. The van der Waals surface area contributed by atoms with Crippen molar-refractivity contribution in [2.75, 3.05) is 13.1 Å². The third-order valence-electron chi connectivity index (χ3n) is 5.41. The van der Waals surface area contributed by atoms with E-state index in [0.717, 1.165) is 10.9 Å². The fraction of sp³-hybridized carbons (Fsp3) is 0.273. The molecule has 9 heteroatoms. The van der Waals surface area contributed by atoms with Crippen molar-refractivity contribution in [3.05, 3.63) is 46.5 Å². The number of nitrogens with two attached hydrogens (primary N) is 1. The number of ether oxygens (including phenoxy) is 1. The number of phenols is 1. The molecule has 1 fully saturated rings. The molecular formula is C22H21N3O5S. The summed E-state index contributed by atoms with van der Waals surface area (Å²) in [5, 5.41) is 12.0. The summed E-state index contributed by atoms with van der Waals surface area (Å²) in [6, 6.07) is 8.19. The van der Waals surface area contributed by atoms with Crippen LogP contribution in [0.4, 0.5) is 4.79 Å². The molecule has 3 aromatic rings. The zero-order chi connectivity index (χ0) is 22.1. The number of amides is 2. The van der Waals surface area contributed by atoms with Gasteiger partial charge in [-0.1, -0.05) is 18.2 Å². The quantitative estimate of drug-likeness (QED) is 0.474. The average Bonchev–Trinajstić information content (AvgIpc) is 3.15. The Morgan fingerprint density at radius 3 is 2.68 bits per heavy atom. The van der Waals surface area contributed by atoms with Crippen LogP contribution in [0, 0.1) is 6.92 Å². The molecule has 1 aliphatic rings. The summed E-state index contributed by atoms with van der Waals surface area (Å²) < 4.78 is 5.64. The lowest BCUT2D eigenvalue weighted by Crippen LogP contribution is -2.43. The molecule has 0 saturated carbocycles. The highest BCUT2D eigenvalue weighted by molar-refractivity contribution is 7.17. The van der Waals surface area contributed by atoms with Crippen LogP contribution in [0.2, 0.25) is 0 Å². The number of phenolic OH excluding ortho intramolecular Hbond substituents is 1. The van der Waals surface area contributed by atoms with Gasteiger partial charge in [-0.2, -0.15) is 0 Å². The number of thiazole rings is 1.